The number of carbonyl (C=O) groups excluding carboxylic acids is 1. The summed E-state index contributed by atoms with van der Waals surface area (Å²) in [6, 6.07) is 9.11. The van der Waals surface area contributed by atoms with Gasteiger partial charge in [-0.25, -0.2) is 0 Å². The average molecular weight is 333 g/mol. The second kappa shape index (κ2) is 11.8. The molecule has 0 saturated heterocycles. The summed E-state index contributed by atoms with van der Waals surface area (Å²) in [6.45, 7) is 0.198. The molecule has 0 bridgehead atoms. The first-order chi connectivity index (χ1) is 10.1. The predicted molar refractivity (Wildman–Crippen MR) is 83.1 cm³/mol. The number of esters is 1. The fourth-order valence-electron chi connectivity index (χ4n) is 1.71. The highest BCUT2D eigenvalue weighted by atomic mass is 35.5. The van der Waals surface area contributed by atoms with Gasteiger partial charge in [0.2, 0.25) is 0 Å². The lowest BCUT2D eigenvalue weighted by Gasteiger charge is -2.11. The number of carbonyl (C=O) groups is 1. The molecule has 124 valence electrons. The topological polar surface area (TPSA) is 105 Å². The van der Waals surface area contributed by atoms with Gasteiger partial charge in [-0.3, -0.25) is 4.79 Å². The maximum atomic E-state index is 11.6. The van der Waals surface area contributed by atoms with Crippen molar-refractivity contribution >= 4 is 18.4 Å². The van der Waals surface area contributed by atoms with Gasteiger partial charge in [-0.15, -0.1) is 22.5 Å². The zero-order valence-electron chi connectivity index (χ0n) is 12.2. The molecule has 0 radical (unpaired) electrons. The summed E-state index contributed by atoms with van der Waals surface area (Å²) in [5.74, 6) is -0.443. The number of hydrogen-bond acceptors (Lipinski definition) is 6. The summed E-state index contributed by atoms with van der Waals surface area (Å²) in [6.07, 6.45) is 2.19. The minimum absolute atomic E-state index is 0. The third-order valence-electron chi connectivity index (χ3n) is 2.87. The summed E-state index contributed by atoms with van der Waals surface area (Å²) in [5.41, 5.74) is 6.88. The van der Waals surface area contributed by atoms with E-state index in [0.717, 1.165) is 5.56 Å². The maximum absolute atomic E-state index is 11.6. The Morgan fingerprint density at radius 1 is 1.23 bits per heavy atom. The Labute approximate surface area is 135 Å². The van der Waals surface area contributed by atoms with E-state index in [-0.39, 0.29) is 25.6 Å². The SMILES string of the molecule is Cl.N[C@@H](CCc1ccccc1)C(=O)OCCCCO[N+](=O)[O-]. The Kier molecular flexibility index (Phi) is 10.8. The Hall–Kier alpha value is -1.86. The highest BCUT2D eigenvalue weighted by Crippen LogP contribution is 2.05. The molecule has 0 aliphatic heterocycles. The minimum atomic E-state index is -0.842. The smallest absolute Gasteiger partial charge is 0.322 e. The second-order valence-electron chi connectivity index (χ2n) is 4.56. The largest absolute Gasteiger partial charge is 0.465 e. The summed E-state index contributed by atoms with van der Waals surface area (Å²) >= 11 is 0. The van der Waals surface area contributed by atoms with Crippen LogP contribution in [0.25, 0.3) is 0 Å². The van der Waals surface area contributed by atoms with Crippen LogP contribution >= 0.6 is 12.4 Å². The van der Waals surface area contributed by atoms with Gasteiger partial charge in [0.25, 0.3) is 5.09 Å². The van der Waals surface area contributed by atoms with Gasteiger partial charge in [-0.05, 0) is 31.2 Å². The molecule has 0 spiro atoms. The first-order valence-electron chi connectivity index (χ1n) is 6.83. The number of benzene rings is 1. The van der Waals surface area contributed by atoms with E-state index < -0.39 is 17.1 Å². The normalized spacial score (nSPS) is 11.1. The van der Waals surface area contributed by atoms with Gasteiger partial charge in [0.05, 0.1) is 13.2 Å². The third-order valence-corrected chi connectivity index (χ3v) is 2.87. The zero-order valence-corrected chi connectivity index (χ0v) is 13.0. The van der Waals surface area contributed by atoms with E-state index in [9.17, 15) is 14.9 Å². The van der Waals surface area contributed by atoms with Crippen molar-refractivity contribution in [3.8, 4) is 0 Å². The Morgan fingerprint density at radius 2 is 1.86 bits per heavy atom. The number of nitrogens with two attached hydrogens (primary N) is 1. The number of ether oxygens (including phenoxy) is 1. The van der Waals surface area contributed by atoms with Crippen LogP contribution in [-0.2, 0) is 20.8 Å². The van der Waals surface area contributed by atoms with Crippen LogP contribution in [0.1, 0.15) is 24.8 Å². The van der Waals surface area contributed by atoms with Crippen LogP contribution in [0.15, 0.2) is 30.3 Å². The van der Waals surface area contributed by atoms with Crippen molar-refractivity contribution in [2.45, 2.75) is 31.7 Å². The molecule has 0 aromatic heterocycles. The molecule has 22 heavy (non-hydrogen) atoms. The van der Waals surface area contributed by atoms with E-state index in [1.54, 1.807) is 0 Å². The molecule has 1 rings (SSSR count). The predicted octanol–water partition coefficient (Wildman–Crippen LogP) is 1.90. The van der Waals surface area contributed by atoms with Gasteiger partial charge in [-0.2, -0.15) is 0 Å². The number of halogens is 1. The zero-order chi connectivity index (χ0) is 15.5. The van der Waals surface area contributed by atoms with Crippen LogP contribution in [0.2, 0.25) is 0 Å². The van der Waals surface area contributed by atoms with Crippen LogP contribution in [-0.4, -0.2) is 30.3 Å². The molecule has 0 saturated carbocycles. The van der Waals surface area contributed by atoms with Crippen molar-refractivity contribution < 1.29 is 19.5 Å². The molecule has 1 aromatic carbocycles. The maximum Gasteiger partial charge on any atom is 0.322 e. The molecule has 0 aliphatic carbocycles. The Balaban J connectivity index is 0.00000441. The molecule has 1 atom stereocenters. The van der Waals surface area contributed by atoms with Crippen molar-refractivity contribution in [2.24, 2.45) is 5.73 Å². The molecular weight excluding hydrogens is 312 g/mol. The van der Waals surface area contributed by atoms with Gasteiger partial charge in [0.15, 0.2) is 0 Å². The molecule has 0 aliphatic rings. The van der Waals surface area contributed by atoms with E-state index in [1.165, 1.54) is 0 Å². The van der Waals surface area contributed by atoms with E-state index in [2.05, 4.69) is 4.84 Å². The number of aryl methyl sites for hydroxylation is 1. The summed E-state index contributed by atoms with van der Waals surface area (Å²) < 4.78 is 5.01. The highest BCUT2D eigenvalue weighted by Gasteiger charge is 2.14. The van der Waals surface area contributed by atoms with Gasteiger partial charge in [0.1, 0.15) is 6.04 Å². The van der Waals surface area contributed by atoms with Gasteiger partial charge in [-0.1, -0.05) is 30.3 Å². The number of rotatable bonds is 10. The highest BCUT2D eigenvalue weighted by molar-refractivity contribution is 5.85. The van der Waals surface area contributed by atoms with Gasteiger partial charge < -0.3 is 15.3 Å². The average Bonchev–Trinajstić information content (AvgIpc) is 2.48. The van der Waals surface area contributed by atoms with Crippen LogP contribution in [0, 0.1) is 10.1 Å². The fraction of sp³-hybridized carbons (Fsp3) is 0.500. The molecule has 8 heteroatoms. The quantitative estimate of drug-likeness (QED) is 0.303. The van der Waals surface area contributed by atoms with Crippen LogP contribution in [0.3, 0.4) is 0 Å². The molecule has 7 nitrogen and oxygen atoms in total. The van der Waals surface area contributed by atoms with Crippen molar-refractivity contribution in [1.82, 2.24) is 0 Å². The van der Waals surface area contributed by atoms with Crippen molar-refractivity contribution in [3.05, 3.63) is 46.0 Å². The molecule has 0 heterocycles. The number of nitrogens with zero attached hydrogens (tertiary/aromatic N) is 1. The lowest BCUT2D eigenvalue weighted by atomic mass is 10.1. The Morgan fingerprint density at radius 3 is 2.50 bits per heavy atom. The van der Waals surface area contributed by atoms with Crippen molar-refractivity contribution in [3.63, 3.8) is 0 Å². The third kappa shape index (κ3) is 9.15. The minimum Gasteiger partial charge on any atom is -0.465 e. The molecule has 1 aromatic rings. The molecule has 0 fully saturated rings. The first-order valence-corrected chi connectivity index (χ1v) is 6.83. The van der Waals surface area contributed by atoms with Crippen LogP contribution in [0.5, 0.6) is 0 Å². The molecular formula is C14H21ClN2O5. The number of hydrogen-bond donors (Lipinski definition) is 1. The standard InChI is InChI=1S/C14H20N2O5.ClH/c15-13(9-8-12-6-2-1-3-7-12)14(17)20-10-4-5-11-21-16(18)19;/h1-3,6-7,13H,4-5,8-11,15H2;1H/t13-;/m0./s1. The summed E-state index contributed by atoms with van der Waals surface area (Å²) in [4.78, 5) is 25.7. The van der Waals surface area contributed by atoms with E-state index in [0.29, 0.717) is 25.7 Å². The fourth-order valence-corrected chi connectivity index (χ4v) is 1.71. The summed E-state index contributed by atoms with van der Waals surface area (Å²) in [5, 5.41) is 9.06. The van der Waals surface area contributed by atoms with E-state index >= 15 is 0 Å². The first kappa shape index (κ1) is 20.1. The molecule has 0 unspecified atom stereocenters. The molecule has 0 amide bonds. The van der Waals surface area contributed by atoms with Crippen LogP contribution in [0.4, 0.5) is 0 Å². The van der Waals surface area contributed by atoms with Gasteiger partial charge in [0, 0.05) is 0 Å². The molecule has 2 N–H and O–H groups in total. The monoisotopic (exact) mass is 332 g/mol. The van der Waals surface area contributed by atoms with Crippen molar-refractivity contribution in [2.75, 3.05) is 13.2 Å². The van der Waals surface area contributed by atoms with Crippen molar-refractivity contribution in [1.29, 1.82) is 0 Å². The van der Waals surface area contributed by atoms with E-state index in [1.807, 2.05) is 30.3 Å². The lowest BCUT2D eigenvalue weighted by Crippen LogP contribution is -2.33. The number of unbranched alkanes of at least 4 members (excludes halogenated alkanes) is 1. The Bertz CT molecular complexity index is 444. The lowest BCUT2D eigenvalue weighted by molar-refractivity contribution is -0.757. The second-order valence-corrected chi connectivity index (χ2v) is 4.56. The summed E-state index contributed by atoms with van der Waals surface area (Å²) in [7, 11) is 0. The van der Waals surface area contributed by atoms with Crippen LogP contribution < -0.4 is 5.73 Å². The van der Waals surface area contributed by atoms with E-state index in [4.69, 9.17) is 10.5 Å². The van der Waals surface area contributed by atoms with Gasteiger partial charge >= 0.3 is 5.97 Å².